The van der Waals surface area contributed by atoms with E-state index in [0.29, 0.717) is 6.61 Å². The number of aromatic nitrogens is 1. The average Bonchev–Trinajstić information content (AvgIpc) is 2.35. The Morgan fingerprint density at radius 1 is 1.41 bits per heavy atom. The number of carboxylic acid groups (broad SMARTS) is 1. The van der Waals surface area contributed by atoms with Crippen molar-refractivity contribution in [1.82, 2.24) is 4.98 Å². The number of nitrogens with zero attached hydrogens (tertiary/aromatic N) is 1. The van der Waals surface area contributed by atoms with Crippen LogP contribution in [0.2, 0.25) is 0 Å². The lowest BCUT2D eigenvalue weighted by Crippen LogP contribution is -2.06. The highest BCUT2D eigenvalue weighted by atomic mass is 16.5. The fourth-order valence-corrected chi connectivity index (χ4v) is 1.56. The van der Waals surface area contributed by atoms with Crippen LogP contribution in [0, 0.1) is 0 Å². The van der Waals surface area contributed by atoms with E-state index in [0.717, 1.165) is 17.3 Å². The van der Waals surface area contributed by atoms with Gasteiger partial charge in [-0.25, -0.2) is 9.78 Å². The van der Waals surface area contributed by atoms with E-state index in [9.17, 15) is 4.79 Å². The van der Waals surface area contributed by atoms with Crippen molar-refractivity contribution in [3.8, 4) is 5.88 Å². The second-order valence-electron chi connectivity index (χ2n) is 3.69. The average molecular weight is 231 g/mol. The molecule has 1 heterocycles. The van der Waals surface area contributed by atoms with Gasteiger partial charge in [-0.1, -0.05) is 25.1 Å². The zero-order chi connectivity index (χ0) is 12.3. The fourth-order valence-electron chi connectivity index (χ4n) is 1.56. The predicted octanol–water partition coefficient (Wildman–Crippen LogP) is 2.72. The quantitative estimate of drug-likeness (QED) is 0.878. The Bertz CT molecular complexity index is 551. The Kier molecular flexibility index (Phi) is 3.23. The standard InChI is InChI=1S/C13H13NO3/c1-2-7-17-12-10(13(15)16)8-9-5-3-4-6-11(9)14-12/h3-6,8H,2,7H2,1H3,(H,15,16). The Labute approximate surface area is 98.9 Å². The van der Waals surface area contributed by atoms with E-state index in [4.69, 9.17) is 9.84 Å². The highest BCUT2D eigenvalue weighted by molar-refractivity contribution is 5.95. The molecule has 1 N–H and O–H groups in total. The van der Waals surface area contributed by atoms with Crippen molar-refractivity contribution in [3.05, 3.63) is 35.9 Å². The number of carbonyl (C=O) groups is 1. The van der Waals surface area contributed by atoms with E-state index in [1.807, 2.05) is 31.2 Å². The number of para-hydroxylation sites is 1. The molecule has 0 unspecified atom stereocenters. The third-order valence-electron chi connectivity index (χ3n) is 2.36. The maximum absolute atomic E-state index is 11.1. The summed E-state index contributed by atoms with van der Waals surface area (Å²) in [5, 5.41) is 9.90. The van der Waals surface area contributed by atoms with Crippen LogP contribution in [0.1, 0.15) is 23.7 Å². The van der Waals surface area contributed by atoms with Gasteiger partial charge in [0.05, 0.1) is 12.1 Å². The molecule has 0 aliphatic heterocycles. The molecule has 0 aliphatic carbocycles. The van der Waals surface area contributed by atoms with E-state index < -0.39 is 5.97 Å². The third kappa shape index (κ3) is 2.36. The summed E-state index contributed by atoms with van der Waals surface area (Å²) in [7, 11) is 0. The van der Waals surface area contributed by atoms with Gasteiger partial charge in [-0.2, -0.15) is 0 Å². The summed E-state index contributed by atoms with van der Waals surface area (Å²) in [6.07, 6.45) is 0.813. The van der Waals surface area contributed by atoms with Gasteiger partial charge in [0, 0.05) is 5.39 Å². The van der Waals surface area contributed by atoms with Crippen LogP contribution >= 0.6 is 0 Å². The van der Waals surface area contributed by atoms with Crippen LogP contribution in [0.4, 0.5) is 0 Å². The molecule has 0 bridgehead atoms. The molecule has 0 fully saturated rings. The molecular formula is C13H13NO3. The maximum atomic E-state index is 11.1. The van der Waals surface area contributed by atoms with Gasteiger partial charge in [0.1, 0.15) is 5.56 Å². The molecule has 1 aromatic heterocycles. The van der Waals surface area contributed by atoms with Crippen LogP contribution in [-0.4, -0.2) is 22.7 Å². The smallest absolute Gasteiger partial charge is 0.341 e. The lowest BCUT2D eigenvalue weighted by atomic mass is 10.1. The molecule has 2 rings (SSSR count). The van der Waals surface area contributed by atoms with Crippen LogP contribution < -0.4 is 4.74 Å². The lowest BCUT2D eigenvalue weighted by Gasteiger charge is -2.08. The summed E-state index contributed by atoms with van der Waals surface area (Å²) in [5.74, 6) is -0.826. The van der Waals surface area contributed by atoms with Crippen LogP contribution in [0.25, 0.3) is 10.9 Å². The van der Waals surface area contributed by atoms with Crippen molar-refractivity contribution < 1.29 is 14.6 Å². The summed E-state index contributed by atoms with van der Waals surface area (Å²) < 4.78 is 5.36. The number of hydrogen-bond donors (Lipinski definition) is 1. The zero-order valence-electron chi connectivity index (χ0n) is 9.51. The number of benzene rings is 1. The molecule has 1 aromatic carbocycles. The Morgan fingerprint density at radius 2 is 2.18 bits per heavy atom. The molecule has 4 nitrogen and oxygen atoms in total. The molecule has 88 valence electrons. The SMILES string of the molecule is CCCOc1nc2ccccc2cc1C(=O)O. The lowest BCUT2D eigenvalue weighted by molar-refractivity contribution is 0.0691. The molecule has 0 aliphatic rings. The second-order valence-corrected chi connectivity index (χ2v) is 3.69. The molecule has 0 atom stereocenters. The number of rotatable bonds is 4. The highest BCUT2D eigenvalue weighted by Gasteiger charge is 2.14. The maximum Gasteiger partial charge on any atom is 0.341 e. The van der Waals surface area contributed by atoms with Crippen LogP contribution in [0.5, 0.6) is 5.88 Å². The first-order valence-electron chi connectivity index (χ1n) is 5.48. The minimum Gasteiger partial charge on any atom is -0.477 e. The topological polar surface area (TPSA) is 59.4 Å². The molecule has 4 heteroatoms. The molecule has 17 heavy (non-hydrogen) atoms. The van der Waals surface area contributed by atoms with Crippen molar-refractivity contribution in [2.24, 2.45) is 0 Å². The van der Waals surface area contributed by atoms with Crippen LogP contribution in [0.3, 0.4) is 0 Å². The van der Waals surface area contributed by atoms with Crippen molar-refractivity contribution in [3.63, 3.8) is 0 Å². The first-order valence-corrected chi connectivity index (χ1v) is 5.48. The van der Waals surface area contributed by atoms with Crippen LogP contribution in [-0.2, 0) is 0 Å². The summed E-state index contributed by atoms with van der Waals surface area (Å²) >= 11 is 0. The van der Waals surface area contributed by atoms with Crippen molar-refractivity contribution in [1.29, 1.82) is 0 Å². The van der Waals surface area contributed by atoms with Crippen LogP contribution in [0.15, 0.2) is 30.3 Å². The minimum atomic E-state index is -1.02. The minimum absolute atomic E-state index is 0.108. The first kappa shape index (κ1) is 11.4. The number of ether oxygens (including phenoxy) is 1. The molecule has 0 saturated carbocycles. The van der Waals surface area contributed by atoms with Gasteiger partial charge in [-0.05, 0) is 18.6 Å². The normalized spacial score (nSPS) is 10.4. The largest absolute Gasteiger partial charge is 0.477 e. The van der Waals surface area contributed by atoms with Crippen molar-refractivity contribution >= 4 is 16.9 Å². The van der Waals surface area contributed by atoms with E-state index in [-0.39, 0.29) is 11.4 Å². The van der Waals surface area contributed by atoms with Gasteiger partial charge in [0.15, 0.2) is 0 Å². The van der Waals surface area contributed by atoms with E-state index >= 15 is 0 Å². The van der Waals surface area contributed by atoms with Gasteiger partial charge in [-0.15, -0.1) is 0 Å². The van der Waals surface area contributed by atoms with E-state index in [1.54, 1.807) is 6.07 Å². The van der Waals surface area contributed by atoms with Gasteiger partial charge >= 0.3 is 5.97 Å². The molecule has 0 amide bonds. The number of fused-ring (bicyclic) bond motifs is 1. The van der Waals surface area contributed by atoms with Gasteiger partial charge in [0.25, 0.3) is 0 Å². The second kappa shape index (κ2) is 4.82. The predicted molar refractivity (Wildman–Crippen MR) is 64.5 cm³/mol. The fraction of sp³-hybridized carbons (Fsp3) is 0.231. The number of aromatic carboxylic acids is 1. The van der Waals surface area contributed by atoms with Gasteiger partial charge in [-0.3, -0.25) is 0 Å². The molecular weight excluding hydrogens is 218 g/mol. The van der Waals surface area contributed by atoms with E-state index in [2.05, 4.69) is 4.98 Å². The Balaban J connectivity index is 2.54. The summed E-state index contributed by atoms with van der Waals surface area (Å²) in [4.78, 5) is 15.3. The summed E-state index contributed by atoms with van der Waals surface area (Å²) in [5.41, 5.74) is 0.848. The zero-order valence-corrected chi connectivity index (χ0v) is 9.51. The molecule has 0 saturated heterocycles. The number of pyridine rings is 1. The number of hydrogen-bond acceptors (Lipinski definition) is 3. The molecule has 0 spiro atoms. The Hall–Kier alpha value is -2.10. The van der Waals surface area contributed by atoms with E-state index in [1.165, 1.54) is 0 Å². The monoisotopic (exact) mass is 231 g/mol. The highest BCUT2D eigenvalue weighted by Crippen LogP contribution is 2.22. The molecule has 2 aromatic rings. The van der Waals surface area contributed by atoms with Crippen molar-refractivity contribution in [2.45, 2.75) is 13.3 Å². The van der Waals surface area contributed by atoms with Gasteiger partial charge in [0.2, 0.25) is 5.88 Å². The van der Waals surface area contributed by atoms with Gasteiger partial charge < -0.3 is 9.84 Å². The Morgan fingerprint density at radius 3 is 2.88 bits per heavy atom. The summed E-state index contributed by atoms with van der Waals surface area (Å²) in [6, 6.07) is 8.97. The molecule has 0 radical (unpaired) electrons. The number of carboxylic acids is 1. The summed E-state index contributed by atoms with van der Waals surface area (Å²) in [6.45, 7) is 2.42. The third-order valence-corrected chi connectivity index (χ3v) is 2.36. The van der Waals surface area contributed by atoms with Crippen molar-refractivity contribution in [2.75, 3.05) is 6.61 Å². The first-order chi connectivity index (χ1) is 8.22.